The van der Waals surface area contributed by atoms with Gasteiger partial charge in [-0.05, 0) is 29.8 Å². The molecule has 1 aliphatic rings. The number of benzene rings is 2. The van der Waals surface area contributed by atoms with Gasteiger partial charge >= 0.3 is 0 Å². The molecule has 5 nitrogen and oxygen atoms in total. The summed E-state index contributed by atoms with van der Waals surface area (Å²) < 4.78 is 0.940. The van der Waals surface area contributed by atoms with E-state index in [1.54, 1.807) is 4.90 Å². The van der Waals surface area contributed by atoms with E-state index in [4.69, 9.17) is 5.73 Å². The summed E-state index contributed by atoms with van der Waals surface area (Å²) in [6.07, 6.45) is 0.354. The number of hydrogen-bond acceptors (Lipinski definition) is 3. The van der Waals surface area contributed by atoms with Crippen LogP contribution >= 0.6 is 15.9 Å². The van der Waals surface area contributed by atoms with Gasteiger partial charge in [-0.2, -0.15) is 0 Å². The van der Waals surface area contributed by atoms with Gasteiger partial charge in [-0.1, -0.05) is 46.3 Å². The van der Waals surface area contributed by atoms with Crippen LogP contribution in [0.2, 0.25) is 0 Å². The molecule has 0 aliphatic carbocycles. The molecule has 25 heavy (non-hydrogen) atoms. The third kappa shape index (κ3) is 4.27. The number of rotatable bonds is 4. The molecule has 1 unspecified atom stereocenters. The van der Waals surface area contributed by atoms with E-state index in [9.17, 15) is 9.59 Å². The third-order valence-electron chi connectivity index (χ3n) is 4.41. The zero-order valence-corrected chi connectivity index (χ0v) is 15.4. The van der Waals surface area contributed by atoms with Gasteiger partial charge < -0.3 is 10.6 Å². The Balaban J connectivity index is 1.85. The summed E-state index contributed by atoms with van der Waals surface area (Å²) in [5.41, 5.74) is 7.54. The van der Waals surface area contributed by atoms with Gasteiger partial charge in [0.1, 0.15) is 6.04 Å². The normalized spacial score (nSPS) is 18.8. The Morgan fingerprint density at radius 2 is 1.80 bits per heavy atom. The average molecular weight is 402 g/mol. The molecule has 1 fully saturated rings. The summed E-state index contributed by atoms with van der Waals surface area (Å²) in [6, 6.07) is 16.9. The number of amides is 2. The van der Waals surface area contributed by atoms with Crippen LogP contribution in [-0.2, 0) is 16.1 Å². The molecule has 0 radical (unpaired) electrons. The molecule has 0 aromatic heterocycles. The SMILES string of the molecule is NC(=O)C1CN(c2ccc(Br)cc2)C(=O)CCN1Cc1ccccc1. The largest absolute Gasteiger partial charge is 0.368 e. The van der Waals surface area contributed by atoms with Crippen LogP contribution in [0.4, 0.5) is 5.69 Å². The van der Waals surface area contributed by atoms with E-state index in [1.807, 2.05) is 59.5 Å². The van der Waals surface area contributed by atoms with E-state index in [-0.39, 0.29) is 12.5 Å². The summed E-state index contributed by atoms with van der Waals surface area (Å²) in [6.45, 7) is 1.37. The summed E-state index contributed by atoms with van der Waals surface area (Å²) in [5.74, 6) is -0.406. The van der Waals surface area contributed by atoms with Crippen LogP contribution in [0.25, 0.3) is 0 Å². The lowest BCUT2D eigenvalue weighted by Crippen LogP contribution is -2.49. The van der Waals surface area contributed by atoms with Crippen molar-refractivity contribution in [1.29, 1.82) is 0 Å². The average Bonchev–Trinajstić information content (AvgIpc) is 2.76. The minimum Gasteiger partial charge on any atom is -0.368 e. The van der Waals surface area contributed by atoms with E-state index >= 15 is 0 Å². The predicted octanol–water partition coefficient (Wildman–Crippen LogP) is 2.54. The molecule has 1 atom stereocenters. The third-order valence-corrected chi connectivity index (χ3v) is 4.93. The van der Waals surface area contributed by atoms with E-state index in [0.717, 1.165) is 15.7 Å². The first-order valence-electron chi connectivity index (χ1n) is 8.18. The van der Waals surface area contributed by atoms with Crippen molar-refractivity contribution in [3.63, 3.8) is 0 Å². The van der Waals surface area contributed by atoms with Gasteiger partial charge in [0.05, 0.1) is 6.54 Å². The Kier molecular flexibility index (Phi) is 5.50. The quantitative estimate of drug-likeness (QED) is 0.855. The molecule has 3 rings (SSSR count). The van der Waals surface area contributed by atoms with Crippen LogP contribution in [0.1, 0.15) is 12.0 Å². The van der Waals surface area contributed by atoms with Crippen LogP contribution in [0.3, 0.4) is 0 Å². The van der Waals surface area contributed by atoms with Crippen LogP contribution < -0.4 is 10.6 Å². The fraction of sp³-hybridized carbons (Fsp3) is 0.263. The Morgan fingerprint density at radius 3 is 2.44 bits per heavy atom. The number of primary amides is 1. The van der Waals surface area contributed by atoms with Crippen molar-refractivity contribution in [1.82, 2.24) is 4.90 Å². The smallest absolute Gasteiger partial charge is 0.236 e. The first kappa shape index (κ1) is 17.6. The molecular formula is C19H20BrN3O2. The van der Waals surface area contributed by atoms with Gasteiger partial charge in [0.25, 0.3) is 0 Å². The van der Waals surface area contributed by atoms with E-state index in [2.05, 4.69) is 15.9 Å². The highest BCUT2D eigenvalue weighted by atomic mass is 79.9. The maximum Gasteiger partial charge on any atom is 0.236 e. The molecule has 0 saturated carbocycles. The van der Waals surface area contributed by atoms with E-state index in [1.165, 1.54) is 0 Å². The molecule has 1 aliphatic heterocycles. The highest BCUT2D eigenvalue weighted by Gasteiger charge is 2.32. The fourth-order valence-corrected chi connectivity index (χ4v) is 3.33. The van der Waals surface area contributed by atoms with Gasteiger partial charge in [0.15, 0.2) is 0 Å². The first-order chi connectivity index (χ1) is 12.0. The first-order valence-corrected chi connectivity index (χ1v) is 8.97. The maximum atomic E-state index is 12.6. The number of hydrogen-bond donors (Lipinski definition) is 1. The summed E-state index contributed by atoms with van der Waals surface area (Å²) in [5, 5.41) is 0. The number of anilines is 1. The lowest BCUT2D eigenvalue weighted by atomic mass is 10.1. The van der Waals surface area contributed by atoms with Gasteiger partial charge in [-0.15, -0.1) is 0 Å². The number of halogens is 1. The number of nitrogens with two attached hydrogens (primary N) is 1. The standard InChI is InChI=1S/C19H20BrN3O2/c20-15-6-8-16(9-7-15)23-13-17(19(21)25)22(11-10-18(23)24)12-14-4-2-1-3-5-14/h1-9,17H,10-13H2,(H2,21,25). The predicted molar refractivity (Wildman–Crippen MR) is 101 cm³/mol. The van der Waals surface area contributed by atoms with Crippen molar-refractivity contribution < 1.29 is 9.59 Å². The minimum atomic E-state index is -0.518. The maximum absolute atomic E-state index is 12.6. The molecule has 2 amide bonds. The molecule has 2 aromatic rings. The zero-order chi connectivity index (χ0) is 17.8. The number of nitrogens with zero attached hydrogens (tertiary/aromatic N) is 2. The van der Waals surface area contributed by atoms with E-state index < -0.39 is 11.9 Å². The van der Waals surface area contributed by atoms with Gasteiger partial charge in [-0.25, -0.2) is 0 Å². The van der Waals surface area contributed by atoms with Crippen molar-refractivity contribution in [2.45, 2.75) is 19.0 Å². The molecule has 1 saturated heterocycles. The summed E-state index contributed by atoms with van der Waals surface area (Å²) in [4.78, 5) is 28.3. The van der Waals surface area contributed by atoms with Crippen molar-refractivity contribution >= 4 is 33.4 Å². The molecule has 2 N–H and O–H groups in total. The van der Waals surface area contributed by atoms with Gasteiger partial charge in [-0.3, -0.25) is 14.5 Å². The summed E-state index contributed by atoms with van der Waals surface area (Å²) >= 11 is 3.40. The van der Waals surface area contributed by atoms with Crippen molar-refractivity contribution in [2.75, 3.05) is 18.0 Å². The molecule has 6 heteroatoms. The van der Waals surface area contributed by atoms with Crippen molar-refractivity contribution in [2.24, 2.45) is 5.73 Å². The van der Waals surface area contributed by atoms with E-state index in [0.29, 0.717) is 19.5 Å². The van der Waals surface area contributed by atoms with Crippen LogP contribution in [0.15, 0.2) is 59.1 Å². The highest BCUT2D eigenvalue weighted by molar-refractivity contribution is 9.10. The molecule has 130 valence electrons. The molecular weight excluding hydrogens is 382 g/mol. The van der Waals surface area contributed by atoms with Crippen LogP contribution in [0, 0.1) is 0 Å². The lowest BCUT2D eigenvalue weighted by molar-refractivity contribution is -0.123. The van der Waals surface area contributed by atoms with Crippen LogP contribution in [0.5, 0.6) is 0 Å². The Morgan fingerprint density at radius 1 is 1.12 bits per heavy atom. The molecule has 0 bridgehead atoms. The molecule has 2 aromatic carbocycles. The second kappa shape index (κ2) is 7.80. The second-order valence-corrected chi connectivity index (χ2v) is 7.02. The minimum absolute atomic E-state index is 0.00383. The molecule has 1 heterocycles. The lowest BCUT2D eigenvalue weighted by Gasteiger charge is -2.29. The van der Waals surface area contributed by atoms with Crippen molar-refractivity contribution in [3.05, 3.63) is 64.6 Å². The Labute approximate surface area is 155 Å². The van der Waals surface area contributed by atoms with Gasteiger partial charge in [0.2, 0.25) is 11.8 Å². The van der Waals surface area contributed by atoms with Gasteiger partial charge in [0, 0.05) is 29.7 Å². The topological polar surface area (TPSA) is 66.6 Å². The number of carbonyl (C=O) groups excluding carboxylic acids is 2. The van der Waals surface area contributed by atoms with Crippen LogP contribution in [-0.4, -0.2) is 35.8 Å². The highest BCUT2D eigenvalue weighted by Crippen LogP contribution is 2.23. The summed E-state index contributed by atoms with van der Waals surface area (Å²) in [7, 11) is 0. The number of carbonyl (C=O) groups is 2. The van der Waals surface area contributed by atoms with Crippen molar-refractivity contribution in [3.8, 4) is 0 Å². The zero-order valence-electron chi connectivity index (χ0n) is 13.8. The fourth-order valence-electron chi connectivity index (χ4n) is 3.07. The second-order valence-electron chi connectivity index (χ2n) is 6.11. The molecule has 0 spiro atoms. The Bertz CT molecular complexity index is 749. The Hall–Kier alpha value is -2.18. The monoisotopic (exact) mass is 401 g/mol.